The highest BCUT2D eigenvalue weighted by molar-refractivity contribution is 5.85. The van der Waals surface area contributed by atoms with Crippen LogP contribution in [0.1, 0.15) is 17.8 Å². The van der Waals surface area contributed by atoms with Crippen LogP contribution >= 0.6 is 0 Å². The summed E-state index contributed by atoms with van der Waals surface area (Å²) in [4.78, 5) is 19.5. The molecule has 1 fully saturated rings. The molecule has 1 saturated heterocycles. The average molecular weight is 358 g/mol. The van der Waals surface area contributed by atoms with E-state index < -0.39 is 0 Å². The van der Waals surface area contributed by atoms with Crippen molar-refractivity contribution in [2.75, 3.05) is 18.0 Å². The van der Waals surface area contributed by atoms with Crippen molar-refractivity contribution in [2.45, 2.75) is 20.3 Å². The molecule has 5 nitrogen and oxygen atoms in total. The predicted octanol–water partition coefficient (Wildman–Crippen LogP) is 4.14. The van der Waals surface area contributed by atoms with E-state index in [1.165, 1.54) is 0 Å². The van der Waals surface area contributed by atoms with Gasteiger partial charge in [0.25, 0.3) is 0 Å². The van der Waals surface area contributed by atoms with Gasteiger partial charge < -0.3 is 13.7 Å². The van der Waals surface area contributed by atoms with Crippen molar-refractivity contribution >= 4 is 22.2 Å². The standard InChI is InChI=1S/C22H20N3O2/c1-14-12-25-13-17(10-20(25)15(2)23-14)19-9-16-5-6-18(24-7-3-4-8-24)11-21(16)27-22(19)26/h3,5-6,9-13H,4,7-8H2,1-2H3. The van der Waals surface area contributed by atoms with Crippen LogP contribution in [0.3, 0.4) is 0 Å². The Bertz CT molecular complexity index is 1230. The average Bonchev–Trinajstić information content (AvgIpc) is 3.30. The van der Waals surface area contributed by atoms with E-state index in [1.807, 2.05) is 54.9 Å². The molecule has 0 atom stereocenters. The Morgan fingerprint density at radius 3 is 2.81 bits per heavy atom. The smallest absolute Gasteiger partial charge is 0.344 e. The molecular formula is C22H20N3O2. The molecule has 1 radical (unpaired) electrons. The van der Waals surface area contributed by atoms with Crippen molar-refractivity contribution < 1.29 is 4.42 Å². The van der Waals surface area contributed by atoms with Crippen LogP contribution in [0.4, 0.5) is 5.69 Å². The van der Waals surface area contributed by atoms with E-state index in [1.54, 1.807) is 0 Å². The quantitative estimate of drug-likeness (QED) is 0.505. The monoisotopic (exact) mass is 358 g/mol. The molecule has 0 unspecified atom stereocenters. The Balaban J connectivity index is 1.63. The first-order valence-corrected chi connectivity index (χ1v) is 9.19. The molecule has 4 aromatic rings. The first-order valence-electron chi connectivity index (χ1n) is 9.19. The number of rotatable bonds is 2. The summed E-state index contributed by atoms with van der Waals surface area (Å²) in [7, 11) is 0. The fraction of sp³-hybridized carbons (Fsp3) is 0.227. The van der Waals surface area contributed by atoms with Gasteiger partial charge in [-0.05, 0) is 51.0 Å². The fourth-order valence-corrected chi connectivity index (χ4v) is 3.89. The van der Waals surface area contributed by atoms with E-state index in [0.717, 1.165) is 53.1 Å². The fourth-order valence-electron chi connectivity index (χ4n) is 3.89. The molecule has 1 aliphatic heterocycles. The van der Waals surface area contributed by atoms with Gasteiger partial charge >= 0.3 is 5.63 Å². The van der Waals surface area contributed by atoms with E-state index in [4.69, 9.17) is 4.42 Å². The first kappa shape index (κ1) is 16.1. The van der Waals surface area contributed by atoms with E-state index in [-0.39, 0.29) is 5.63 Å². The number of anilines is 1. The highest BCUT2D eigenvalue weighted by Crippen LogP contribution is 2.28. The predicted molar refractivity (Wildman–Crippen MR) is 107 cm³/mol. The van der Waals surface area contributed by atoms with Gasteiger partial charge in [0.15, 0.2) is 0 Å². The maximum atomic E-state index is 12.7. The summed E-state index contributed by atoms with van der Waals surface area (Å²) in [6.45, 7) is 5.90. The van der Waals surface area contributed by atoms with E-state index in [2.05, 4.69) is 22.4 Å². The van der Waals surface area contributed by atoms with E-state index in [0.29, 0.717) is 11.1 Å². The summed E-state index contributed by atoms with van der Waals surface area (Å²) in [6, 6.07) is 10.0. The lowest BCUT2D eigenvalue weighted by atomic mass is 10.1. The van der Waals surface area contributed by atoms with Crippen molar-refractivity contribution in [3.63, 3.8) is 0 Å². The summed E-state index contributed by atoms with van der Waals surface area (Å²) in [5.41, 5.74) is 5.72. The van der Waals surface area contributed by atoms with Crippen molar-refractivity contribution in [1.82, 2.24) is 9.38 Å². The minimum Gasteiger partial charge on any atom is -0.422 e. The van der Waals surface area contributed by atoms with Gasteiger partial charge in [0, 0.05) is 48.2 Å². The SMILES string of the molecule is Cc1cn2cc(-c3cc4ccc(N5C[CH]CC5)cc4oc3=O)cc2c(C)n1. The number of benzene rings is 1. The zero-order chi connectivity index (χ0) is 18.5. The first-order chi connectivity index (χ1) is 13.1. The van der Waals surface area contributed by atoms with Crippen molar-refractivity contribution in [3.8, 4) is 11.1 Å². The Morgan fingerprint density at radius 1 is 1.11 bits per heavy atom. The number of nitrogens with zero attached hydrogens (tertiary/aromatic N) is 3. The molecule has 0 spiro atoms. The topological polar surface area (TPSA) is 50.8 Å². The number of hydrogen-bond donors (Lipinski definition) is 0. The number of hydrogen-bond acceptors (Lipinski definition) is 4. The van der Waals surface area contributed by atoms with Crippen LogP contribution in [0.15, 0.2) is 51.9 Å². The summed E-state index contributed by atoms with van der Waals surface area (Å²) in [6.07, 6.45) is 7.29. The molecule has 3 aromatic heterocycles. The molecule has 0 saturated carbocycles. The van der Waals surface area contributed by atoms with Crippen LogP contribution in [-0.4, -0.2) is 22.5 Å². The number of aryl methyl sites for hydroxylation is 2. The van der Waals surface area contributed by atoms with Crippen LogP contribution in [0, 0.1) is 20.3 Å². The molecule has 0 bridgehead atoms. The Kier molecular flexibility index (Phi) is 3.57. The second kappa shape index (κ2) is 5.98. The molecule has 135 valence electrons. The Labute approximate surface area is 156 Å². The zero-order valence-electron chi connectivity index (χ0n) is 15.4. The second-order valence-electron chi connectivity index (χ2n) is 7.18. The van der Waals surface area contributed by atoms with Gasteiger partial charge in [-0.3, -0.25) is 4.98 Å². The molecule has 1 aliphatic rings. The largest absolute Gasteiger partial charge is 0.422 e. The maximum Gasteiger partial charge on any atom is 0.344 e. The molecule has 0 amide bonds. The summed E-state index contributed by atoms with van der Waals surface area (Å²) >= 11 is 0. The molecular weight excluding hydrogens is 338 g/mol. The second-order valence-corrected chi connectivity index (χ2v) is 7.18. The molecule has 4 heterocycles. The van der Waals surface area contributed by atoms with Gasteiger partial charge in [-0.1, -0.05) is 0 Å². The highest BCUT2D eigenvalue weighted by Gasteiger charge is 2.15. The lowest BCUT2D eigenvalue weighted by Crippen LogP contribution is -2.17. The van der Waals surface area contributed by atoms with Crippen LogP contribution in [-0.2, 0) is 0 Å². The van der Waals surface area contributed by atoms with Crippen LogP contribution in [0.2, 0.25) is 0 Å². The zero-order valence-corrected chi connectivity index (χ0v) is 15.4. The van der Waals surface area contributed by atoms with Crippen LogP contribution in [0.25, 0.3) is 27.6 Å². The van der Waals surface area contributed by atoms with Crippen molar-refractivity contribution in [2.24, 2.45) is 0 Å². The molecule has 5 rings (SSSR count). The molecule has 5 heteroatoms. The highest BCUT2D eigenvalue weighted by atomic mass is 16.4. The summed E-state index contributed by atoms with van der Waals surface area (Å²) in [5.74, 6) is 0. The maximum absolute atomic E-state index is 12.7. The summed E-state index contributed by atoms with van der Waals surface area (Å²) in [5, 5.41) is 0.929. The van der Waals surface area contributed by atoms with Gasteiger partial charge in [-0.2, -0.15) is 0 Å². The van der Waals surface area contributed by atoms with Crippen LogP contribution in [0.5, 0.6) is 0 Å². The molecule has 27 heavy (non-hydrogen) atoms. The lowest BCUT2D eigenvalue weighted by molar-refractivity contribution is 0.563. The number of fused-ring (bicyclic) bond motifs is 2. The van der Waals surface area contributed by atoms with Gasteiger partial charge in [0.1, 0.15) is 5.58 Å². The van der Waals surface area contributed by atoms with Gasteiger partial charge in [-0.25, -0.2) is 4.79 Å². The van der Waals surface area contributed by atoms with Gasteiger partial charge in [-0.15, -0.1) is 0 Å². The van der Waals surface area contributed by atoms with Gasteiger partial charge in [0.2, 0.25) is 0 Å². The normalized spacial score (nSPS) is 14.5. The Morgan fingerprint density at radius 2 is 2.00 bits per heavy atom. The van der Waals surface area contributed by atoms with Crippen LogP contribution < -0.4 is 10.5 Å². The third kappa shape index (κ3) is 2.70. The molecule has 0 N–H and O–H groups in total. The molecule has 1 aromatic carbocycles. The van der Waals surface area contributed by atoms with E-state index >= 15 is 0 Å². The lowest BCUT2D eigenvalue weighted by Gasteiger charge is -2.17. The van der Waals surface area contributed by atoms with Crippen molar-refractivity contribution in [3.05, 3.63) is 71.0 Å². The third-order valence-corrected chi connectivity index (χ3v) is 5.24. The minimum absolute atomic E-state index is 0.314. The number of aromatic nitrogens is 2. The Hall–Kier alpha value is -3.08. The third-order valence-electron chi connectivity index (χ3n) is 5.24. The minimum atomic E-state index is -0.314. The van der Waals surface area contributed by atoms with E-state index in [9.17, 15) is 4.79 Å². The van der Waals surface area contributed by atoms with Gasteiger partial charge in [0.05, 0.1) is 22.5 Å². The van der Waals surface area contributed by atoms with Crippen molar-refractivity contribution in [1.29, 1.82) is 0 Å². The molecule has 0 aliphatic carbocycles. The summed E-state index contributed by atoms with van der Waals surface area (Å²) < 4.78 is 7.70.